The Balaban J connectivity index is 2.26. The van der Waals surface area contributed by atoms with Crippen molar-refractivity contribution in [2.75, 3.05) is 26.6 Å². The van der Waals surface area contributed by atoms with Gasteiger partial charge in [0.05, 0.1) is 13.7 Å². The maximum absolute atomic E-state index is 12.5. The lowest BCUT2D eigenvalue weighted by molar-refractivity contribution is 0.104. The number of allylic oxidation sites excluding steroid dienone is 1. The van der Waals surface area contributed by atoms with Crippen LogP contribution in [0.25, 0.3) is 6.08 Å². The molecule has 0 spiro atoms. The van der Waals surface area contributed by atoms with Gasteiger partial charge in [-0.25, -0.2) is 8.42 Å². The summed E-state index contributed by atoms with van der Waals surface area (Å²) in [5.74, 6) is 3.27. The van der Waals surface area contributed by atoms with Crippen LogP contribution in [0, 0.1) is 12.3 Å². The van der Waals surface area contributed by atoms with E-state index in [9.17, 15) is 13.2 Å². The molecule has 7 heteroatoms. The molecule has 29 heavy (non-hydrogen) atoms. The lowest BCUT2D eigenvalue weighted by atomic mass is 10.1. The van der Waals surface area contributed by atoms with E-state index in [0.29, 0.717) is 23.7 Å². The lowest BCUT2D eigenvalue weighted by Gasteiger charge is -2.11. The van der Waals surface area contributed by atoms with Gasteiger partial charge in [-0.15, -0.1) is 6.42 Å². The Labute approximate surface area is 171 Å². The number of methoxy groups -OCH3 is 1. The van der Waals surface area contributed by atoms with Crippen LogP contribution in [-0.2, 0) is 9.84 Å². The average Bonchev–Trinajstić information content (AvgIpc) is 2.70. The second kappa shape index (κ2) is 9.80. The number of carbonyl (C=O) groups is 1. The normalized spacial score (nSPS) is 11.1. The average molecular weight is 414 g/mol. The third-order valence-electron chi connectivity index (χ3n) is 3.85. The molecule has 0 radical (unpaired) electrons. The highest BCUT2D eigenvalue weighted by atomic mass is 32.2. The minimum absolute atomic E-state index is 0.0319. The van der Waals surface area contributed by atoms with Gasteiger partial charge in [0.25, 0.3) is 0 Å². The monoisotopic (exact) mass is 414 g/mol. The first-order valence-electron chi connectivity index (χ1n) is 8.73. The number of hydrogen-bond donors (Lipinski definition) is 0. The Bertz CT molecular complexity index is 1060. The summed E-state index contributed by atoms with van der Waals surface area (Å²) in [6, 6.07) is 9.45. The fourth-order valence-corrected chi connectivity index (χ4v) is 3.35. The standard InChI is InChI=1S/C22H22O6S/c1-5-13-28-19-11-8-16(14-20(19)27-6-2)7-10-18(23)17-9-12-22(29(4,24)25)21(15-17)26-3/h1,7-12,14-15H,6,13H2,2-4H3/b10-7+. The zero-order chi connectivity index (χ0) is 21.4. The smallest absolute Gasteiger partial charge is 0.185 e. The van der Waals surface area contributed by atoms with Gasteiger partial charge in [-0.3, -0.25) is 4.79 Å². The van der Waals surface area contributed by atoms with Crippen molar-refractivity contribution in [2.45, 2.75) is 11.8 Å². The van der Waals surface area contributed by atoms with Crippen LogP contribution >= 0.6 is 0 Å². The van der Waals surface area contributed by atoms with Crippen LogP contribution in [0.4, 0.5) is 0 Å². The first-order chi connectivity index (χ1) is 13.8. The van der Waals surface area contributed by atoms with Gasteiger partial charge >= 0.3 is 0 Å². The summed E-state index contributed by atoms with van der Waals surface area (Å²) in [4.78, 5) is 12.5. The van der Waals surface area contributed by atoms with Crippen molar-refractivity contribution < 1.29 is 27.4 Å². The fourth-order valence-electron chi connectivity index (χ4n) is 2.53. The summed E-state index contributed by atoms with van der Waals surface area (Å²) in [6.45, 7) is 2.43. The van der Waals surface area contributed by atoms with E-state index in [1.165, 1.54) is 31.4 Å². The minimum atomic E-state index is -3.46. The van der Waals surface area contributed by atoms with Crippen molar-refractivity contribution in [3.63, 3.8) is 0 Å². The summed E-state index contributed by atoms with van der Waals surface area (Å²) < 4.78 is 39.6. The molecule has 0 heterocycles. The van der Waals surface area contributed by atoms with Gasteiger partial charge < -0.3 is 14.2 Å². The van der Waals surface area contributed by atoms with Crippen LogP contribution in [0.2, 0.25) is 0 Å². The molecule has 0 aliphatic carbocycles. The molecule has 0 fully saturated rings. The number of sulfone groups is 1. The van der Waals surface area contributed by atoms with E-state index in [0.717, 1.165) is 11.8 Å². The molecule has 2 aromatic rings. The van der Waals surface area contributed by atoms with E-state index in [1.54, 1.807) is 24.3 Å². The predicted molar refractivity (Wildman–Crippen MR) is 111 cm³/mol. The molecular weight excluding hydrogens is 392 g/mol. The highest BCUT2D eigenvalue weighted by Gasteiger charge is 2.16. The molecule has 0 aliphatic rings. The number of ether oxygens (including phenoxy) is 3. The second-order valence-corrected chi connectivity index (χ2v) is 7.95. The number of ketones is 1. The van der Waals surface area contributed by atoms with E-state index in [2.05, 4.69) is 5.92 Å². The van der Waals surface area contributed by atoms with Crippen LogP contribution in [0.15, 0.2) is 47.4 Å². The van der Waals surface area contributed by atoms with Gasteiger partial charge in [-0.05, 0) is 48.9 Å². The van der Waals surface area contributed by atoms with Crippen LogP contribution in [0.5, 0.6) is 17.2 Å². The molecular formula is C22H22O6S. The summed E-state index contributed by atoms with van der Waals surface area (Å²) in [5.41, 5.74) is 1.04. The van der Waals surface area contributed by atoms with Gasteiger partial charge in [0.15, 0.2) is 27.1 Å². The Morgan fingerprint density at radius 3 is 2.48 bits per heavy atom. The molecule has 0 bridgehead atoms. The first kappa shape index (κ1) is 22.1. The Morgan fingerprint density at radius 1 is 1.10 bits per heavy atom. The third kappa shape index (κ3) is 5.87. The Kier molecular flexibility index (Phi) is 7.46. The van der Waals surface area contributed by atoms with Gasteiger partial charge in [0.2, 0.25) is 0 Å². The number of benzene rings is 2. The van der Waals surface area contributed by atoms with Crippen LogP contribution < -0.4 is 14.2 Å². The maximum Gasteiger partial charge on any atom is 0.185 e. The van der Waals surface area contributed by atoms with Crippen molar-refractivity contribution in [1.82, 2.24) is 0 Å². The molecule has 6 nitrogen and oxygen atoms in total. The molecule has 0 saturated heterocycles. The van der Waals surface area contributed by atoms with Crippen molar-refractivity contribution in [2.24, 2.45) is 0 Å². The van der Waals surface area contributed by atoms with E-state index < -0.39 is 9.84 Å². The van der Waals surface area contributed by atoms with Crippen LogP contribution in [-0.4, -0.2) is 40.8 Å². The largest absolute Gasteiger partial charge is 0.495 e. The molecule has 152 valence electrons. The molecule has 0 unspecified atom stereocenters. The van der Waals surface area contributed by atoms with Crippen molar-refractivity contribution in [3.05, 3.63) is 53.6 Å². The SMILES string of the molecule is C#CCOc1ccc(/C=C/C(=O)c2ccc(S(C)(=O)=O)c(OC)c2)cc1OCC. The molecule has 0 amide bonds. The molecule has 2 aromatic carbocycles. The highest BCUT2D eigenvalue weighted by Crippen LogP contribution is 2.29. The quantitative estimate of drug-likeness (QED) is 0.355. The van der Waals surface area contributed by atoms with E-state index >= 15 is 0 Å². The zero-order valence-electron chi connectivity index (χ0n) is 16.5. The van der Waals surface area contributed by atoms with Gasteiger partial charge in [-0.2, -0.15) is 0 Å². The van der Waals surface area contributed by atoms with Gasteiger partial charge in [0.1, 0.15) is 17.3 Å². The zero-order valence-corrected chi connectivity index (χ0v) is 17.3. The van der Waals surface area contributed by atoms with E-state index in [4.69, 9.17) is 20.6 Å². The summed E-state index contributed by atoms with van der Waals surface area (Å²) in [7, 11) is -2.10. The molecule has 0 aromatic heterocycles. The fraction of sp³-hybridized carbons (Fsp3) is 0.227. The molecule has 0 saturated carbocycles. The highest BCUT2D eigenvalue weighted by molar-refractivity contribution is 7.90. The number of rotatable bonds is 9. The molecule has 0 aliphatic heterocycles. The van der Waals surface area contributed by atoms with Gasteiger partial charge in [-0.1, -0.05) is 18.1 Å². The van der Waals surface area contributed by atoms with Crippen molar-refractivity contribution >= 4 is 21.7 Å². The van der Waals surface area contributed by atoms with Crippen LogP contribution in [0.1, 0.15) is 22.8 Å². The number of terminal acetylenes is 1. The Hall–Kier alpha value is -3.24. The summed E-state index contributed by atoms with van der Waals surface area (Å²) >= 11 is 0. The third-order valence-corrected chi connectivity index (χ3v) is 4.99. The first-order valence-corrected chi connectivity index (χ1v) is 10.6. The van der Waals surface area contributed by atoms with E-state index in [1.807, 2.05) is 6.92 Å². The minimum Gasteiger partial charge on any atom is -0.495 e. The molecule has 0 atom stereocenters. The lowest BCUT2D eigenvalue weighted by Crippen LogP contribution is -2.03. The number of carbonyl (C=O) groups excluding carboxylic acids is 1. The maximum atomic E-state index is 12.5. The van der Waals surface area contributed by atoms with Gasteiger partial charge in [0, 0.05) is 11.8 Å². The second-order valence-electron chi connectivity index (χ2n) is 5.97. The van der Waals surface area contributed by atoms with E-state index in [-0.39, 0.29) is 23.0 Å². The molecule has 0 N–H and O–H groups in total. The predicted octanol–water partition coefficient (Wildman–Crippen LogP) is 3.41. The number of hydrogen-bond acceptors (Lipinski definition) is 6. The molecule has 2 rings (SSSR count). The summed E-state index contributed by atoms with van der Waals surface area (Å²) in [6.07, 6.45) is 9.32. The Morgan fingerprint density at radius 2 is 1.86 bits per heavy atom. The van der Waals surface area contributed by atoms with Crippen LogP contribution in [0.3, 0.4) is 0 Å². The summed E-state index contributed by atoms with van der Waals surface area (Å²) in [5, 5.41) is 0. The van der Waals surface area contributed by atoms with Crippen molar-refractivity contribution in [1.29, 1.82) is 0 Å². The topological polar surface area (TPSA) is 78.9 Å². The van der Waals surface area contributed by atoms with Crippen molar-refractivity contribution in [3.8, 4) is 29.6 Å².